The van der Waals surface area contributed by atoms with Crippen LogP contribution >= 0.6 is 0 Å². The third-order valence-electron chi connectivity index (χ3n) is 6.24. The fourth-order valence-corrected chi connectivity index (χ4v) is 4.42. The molecule has 30 heavy (non-hydrogen) atoms. The quantitative estimate of drug-likeness (QED) is 0.623. The second kappa shape index (κ2) is 11.2. The molecular formula is C24H36N2O4. The summed E-state index contributed by atoms with van der Waals surface area (Å²) in [5, 5.41) is 0. The molecule has 6 heteroatoms. The largest absolute Gasteiger partial charge is 0.490 e. The first-order chi connectivity index (χ1) is 14.6. The molecule has 6 nitrogen and oxygen atoms in total. The number of hydrogen-bond donors (Lipinski definition) is 0. The van der Waals surface area contributed by atoms with Gasteiger partial charge in [0.15, 0.2) is 18.1 Å². The van der Waals surface area contributed by atoms with Crippen molar-refractivity contribution in [2.45, 2.75) is 70.8 Å². The van der Waals surface area contributed by atoms with Crippen LogP contribution in [0.3, 0.4) is 0 Å². The predicted octanol–water partition coefficient (Wildman–Crippen LogP) is 4.27. The van der Waals surface area contributed by atoms with E-state index in [1.165, 1.54) is 32.1 Å². The van der Waals surface area contributed by atoms with E-state index >= 15 is 0 Å². The lowest BCUT2D eigenvalue weighted by atomic mass is 10.1. The van der Waals surface area contributed by atoms with Crippen LogP contribution in [0, 0.1) is 0 Å². The molecule has 0 spiro atoms. The molecule has 2 fully saturated rings. The maximum atomic E-state index is 13.1. The van der Waals surface area contributed by atoms with Gasteiger partial charge in [0.1, 0.15) is 0 Å². The maximum Gasteiger partial charge on any atom is 0.260 e. The van der Waals surface area contributed by atoms with Crippen LogP contribution < -0.4 is 9.47 Å². The summed E-state index contributed by atoms with van der Waals surface area (Å²) < 4.78 is 11.5. The SMILES string of the molecule is CCOc1cc(C(=O)N(C)C2CCCCCC2)ccc1OCC(=O)N1CCCCC1. The number of piperidine rings is 1. The molecule has 3 rings (SSSR count). The Morgan fingerprint density at radius 2 is 1.63 bits per heavy atom. The Morgan fingerprint density at radius 1 is 0.967 bits per heavy atom. The Kier molecular flexibility index (Phi) is 8.40. The lowest BCUT2D eigenvalue weighted by Gasteiger charge is -2.28. The number of benzene rings is 1. The Hall–Kier alpha value is -2.24. The van der Waals surface area contributed by atoms with Crippen LogP contribution in [0.2, 0.25) is 0 Å². The van der Waals surface area contributed by atoms with Crippen molar-refractivity contribution in [2.24, 2.45) is 0 Å². The number of likely N-dealkylation sites (tertiary alicyclic amines) is 1. The Labute approximate surface area is 180 Å². The number of carbonyl (C=O) groups is 2. The molecule has 1 aromatic carbocycles. The van der Waals surface area contributed by atoms with Crippen molar-refractivity contribution in [1.29, 1.82) is 0 Å². The van der Waals surface area contributed by atoms with Gasteiger partial charge in [0, 0.05) is 31.7 Å². The van der Waals surface area contributed by atoms with Crippen molar-refractivity contribution in [3.63, 3.8) is 0 Å². The second-order valence-corrected chi connectivity index (χ2v) is 8.39. The molecule has 1 aliphatic heterocycles. The molecule has 1 saturated carbocycles. The van der Waals surface area contributed by atoms with Crippen molar-refractivity contribution in [3.05, 3.63) is 23.8 Å². The zero-order valence-corrected chi connectivity index (χ0v) is 18.5. The van der Waals surface area contributed by atoms with E-state index < -0.39 is 0 Å². The molecule has 2 amide bonds. The summed E-state index contributed by atoms with van der Waals surface area (Å²) in [6, 6.07) is 5.58. The average molecular weight is 417 g/mol. The van der Waals surface area contributed by atoms with E-state index in [1.54, 1.807) is 18.2 Å². The van der Waals surface area contributed by atoms with Crippen LogP contribution in [0.15, 0.2) is 18.2 Å². The lowest BCUT2D eigenvalue weighted by Crippen LogP contribution is -2.38. The number of carbonyl (C=O) groups excluding carboxylic acids is 2. The molecule has 0 atom stereocenters. The van der Waals surface area contributed by atoms with Crippen LogP contribution in [0.1, 0.15) is 75.1 Å². The van der Waals surface area contributed by atoms with Crippen LogP contribution in [0.5, 0.6) is 11.5 Å². The molecule has 2 aliphatic rings. The maximum absolute atomic E-state index is 13.1. The van der Waals surface area contributed by atoms with E-state index in [9.17, 15) is 9.59 Å². The number of amides is 2. The van der Waals surface area contributed by atoms with E-state index in [2.05, 4.69) is 0 Å². The predicted molar refractivity (Wildman–Crippen MR) is 117 cm³/mol. The Bertz CT molecular complexity index is 707. The van der Waals surface area contributed by atoms with Gasteiger partial charge in [-0.15, -0.1) is 0 Å². The molecule has 0 N–H and O–H groups in total. The topological polar surface area (TPSA) is 59.1 Å². The van der Waals surface area contributed by atoms with Crippen LogP contribution in [-0.2, 0) is 4.79 Å². The minimum absolute atomic E-state index is 0.00462. The number of nitrogens with zero attached hydrogens (tertiary/aromatic N) is 2. The molecule has 0 bridgehead atoms. The fourth-order valence-electron chi connectivity index (χ4n) is 4.42. The van der Waals surface area contributed by atoms with Crippen molar-refractivity contribution in [2.75, 3.05) is 33.4 Å². The molecule has 1 aliphatic carbocycles. The number of ether oxygens (including phenoxy) is 2. The van der Waals surface area contributed by atoms with Gasteiger partial charge >= 0.3 is 0 Å². The lowest BCUT2D eigenvalue weighted by molar-refractivity contribution is -0.134. The van der Waals surface area contributed by atoms with Gasteiger partial charge in [0.2, 0.25) is 0 Å². The minimum atomic E-state index is -0.00462. The first kappa shape index (κ1) is 22.4. The van der Waals surface area contributed by atoms with E-state index in [0.717, 1.165) is 38.8 Å². The summed E-state index contributed by atoms with van der Waals surface area (Å²) >= 11 is 0. The molecule has 1 heterocycles. The summed E-state index contributed by atoms with van der Waals surface area (Å²) in [6.07, 6.45) is 10.3. The zero-order valence-electron chi connectivity index (χ0n) is 18.5. The average Bonchev–Trinajstić information content (AvgIpc) is 3.07. The van der Waals surface area contributed by atoms with Gasteiger partial charge in [0.25, 0.3) is 11.8 Å². The van der Waals surface area contributed by atoms with Gasteiger partial charge in [0.05, 0.1) is 6.61 Å². The van der Waals surface area contributed by atoms with Crippen molar-refractivity contribution < 1.29 is 19.1 Å². The van der Waals surface area contributed by atoms with E-state index in [1.807, 2.05) is 23.8 Å². The molecular weight excluding hydrogens is 380 g/mol. The second-order valence-electron chi connectivity index (χ2n) is 8.39. The monoisotopic (exact) mass is 416 g/mol. The van der Waals surface area contributed by atoms with Crippen molar-refractivity contribution in [1.82, 2.24) is 9.80 Å². The highest BCUT2D eigenvalue weighted by molar-refractivity contribution is 5.95. The molecule has 166 valence electrons. The number of hydrogen-bond acceptors (Lipinski definition) is 4. The summed E-state index contributed by atoms with van der Waals surface area (Å²) in [5.74, 6) is 1.05. The molecule has 0 unspecified atom stereocenters. The molecule has 1 saturated heterocycles. The molecule has 0 radical (unpaired) electrons. The van der Waals surface area contributed by atoms with E-state index in [0.29, 0.717) is 29.7 Å². The molecule has 1 aromatic rings. The van der Waals surface area contributed by atoms with Crippen LogP contribution in [-0.4, -0.2) is 61.0 Å². The minimum Gasteiger partial charge on any atom is -0.490 e. The highest BCUT2D eigenvalue weighted by atomic mass is 16.5. The summed E-state index contributed by atoms with van der Waals surface area (Å²) in [7, 11) is 1.90. The van der Waals surface area contributed by atoms with Gasteiger partial charge in [-0.05, 0) is 57.2 Å². The summed E-state index contributed by atoms with van der Waals surface area (Å²) in [4.78, 5) is 29.2. The highest BCUT2D eigenvalue weighted by Crippen LogP contribution is 2.30. The van der Waals surface area contributed by atoms with Gasteiger partial charge in [-0.3, -0.25) is 9.59 Å². The third kappa shape index (κ3) is 5.89. The normalized spacial score (nSPS) is 17.9. The van der Waals surface area contributed by atoms with Gasteiger partial charge in [-0.1, -0.05) is 25.7 Å². The first-order valence-corrected chi connectivity index (χ1v) is 11.5. The Balaban J connectivity index is 1.66. The fraction of sp³-hybridized carbons (Fsp3) is 0.667. The third-order valence-corrected chi connectivity index (χ3v) is 6.24. The summed E-state index contributed by atoms with van der Waals surface area (Å²) in [5.41, 5.74) is 0.597. The van der Waals surface area contributed by atoms with Gasteiger partial charge in [-0.25, -0.2) is 0 Å². The van der Waals surface area contributed by atoms with Crippen molar-refractivity contribution in [3.8, 4) is 11.5 Å². The van der Waals surface area contributed by atoms with Crippen LogP contribution in [0.4, 0.5) is 0 Å². The van der Waals surface area contributed by atoms with Gasteiger partial charge < -0.3 is 19.3 Å². The van der Waals surface area contributed by atoms with E-state index in [-0.39, 0.29) is 18.4 Å². The smallest absolute Gasteiger partial charge is 0.260 e. The van der Waals surface area contributed by atoms with Crippen LogP contribution in [0.25, 0.3) is 0 Å². The highest BCUT2D eigenvalue weighted by Gasteiger charge is 2.24. The first-order valence-electron chi connectivity index (χ1n) is 11.5. The Morgan fingerprint density at radius 3 is 2.30 bits per heavy atom. The standard InChI is InChI=1S/C24H36N2O4/c1-3-29-22-17-19(24(28)25(2)20-11-7-4-5-8-12-20)13-14-21(22)30-18-23(27)26-15-9-6-10-16-26/h13-14,17,20H,3-12,15-16,18H2,1-2H3. The summed E-state index contributed by atoms with van der Waals surface area (Å²) in [6.45, 7) is 3.97. The van der Waals surface area contributed by atoms with Gasteiger partial charge in [-0.2, -0.15) is 0 Å². The zero-order chi connectivity index (χ0) is 21.3. The van der Waals surface area contributed by atoms with Crippen molar-refractivity contribution >= 4 is 11.8 Å². The molecule has 0 aromatic heterocycles. The van der Waals surface area contributed by atoms with E-state index in [4.69, 9.17) is 9.47 Å². The number of rotatable bonds is 7.